The van der Waals surface area contributed by atoms with Crippen LogP contribution in [-0.2, 0) is 26.4 Å². The monoisotopic (exact) mass is 270 g/mol. The van der Waals surface area contributed by atoms with Crippen molar-refractivity contribution >= 4 is 5.82 Å². The standard InChI is InChI=1S/C14H18N6/c1-4-10-11(8-15)14(19-18-12(10)5-2)17-9-13-16-6-7-20(13)3/h6-7H,4-5,9H2,1-3H3,(H,17,19). The molecule has 0 bridgehead atoms. The van der Waals surface area contributed by atoms with Crippen molar-refractivity contribution in [1.29, 1.82) is 5.26 Å². The average Bonchev–Trinajstić information content (AvgIpc) is 2.89. The van der Waals surface area contributed by atoms with E-state index in [4.69, 9.17) is 0 Å². The van der Waals surface area contributed by atoms with Crippen LogP contribution >= 0.6 is 0 Å². The van der Waals surface area contributed by atoms with E-state index in [9.17, 15) is 5.26 Å². The number of nitrogens with one attached hydrogen (secondary N) is 1. The third-order valence-corrected chi connectivity index (χ3v) is 3.29. The Balaban J connectivity index is 2.28. The van der Waals surface area contributed by atoms with Crippen molar-refractivity contribution in [1.82, 2.24) is 19.7 Å². The molecule has 1 N–H and O–H groups in total. The minimum Gasteiger partial charge on any atom is -0.360 e. The molecule has 104 valence electrons. The van der Waals surface area contributed by atoms with Gasteiger partial charge < -0.3 is 9.88 Å². The first kappa shape index (κ1) is 14.0. The lowest BCUT2D eigenvalue weighted by molar-refractivity contribution is 0.803. The Labute approximate surface area is 118 Å². The van der Waals surface area contributed by atoms with E-state index in [1.807, 2.05) is 31.7 Å². The summed E-state index contributed by atoms with van der Waals surface area (Å²) < 4.78 is 1.92. The van der Waals surface area contributed by atoms with Gasteiger partial charge in [-0.2, -0.15) is 10.4 Å². The van der Waals surface area contributed by atoms with Gasteiger partial charge in [0.05, 0.1) is 12.2 Å². The third-order valence-electron chi connectivity index (χ3n) is 3.29. The van der Waals surface area contributed by atoms with Gasteiger partial charge >= 0.3 is 0 Å². The van der Waals surface area contributed by atoms with E-state index in [2.05, 4.69) is 26.6 Å². The third kappa shape index (κ3) is 2.62. The van der Waals surface area contributed by atoms with Crippen molar-refractivity contribution in [3.05, 3.63) is 35.0 Å². The summed E-state index contributed by atoms with van der Waals surface area (Å²) in [5.41, 5.74) is 2.47. The normalized spacial score (nSPS) is 10.3. The number of hydrogen-bond acceptors (Lipinski definition) is 5. The number of aryl methyl sites for hydroxylation is 2. The Bertz CT molecular complexity index is 638. The van der Waals surface area contributed by atoms with Crippen LogP contribution in [0.1, 0.15) is 36.5 Å². The smallest absolute Gasteiger partial charge is 0.167 e. The molecule has 0 fully saturated rings. The average molecular weight is 270 g/mol. The van der Waals surface area contributed by atoms with Gasteiger partial charge in [0, 0.05) is 19.4 Å². The summed E-state index contributed by atoms with van der Waals surface area (Å²) >= 11 is 0. The fraction of sp³-hybridized carbons (Fsp3) is 0.429. The van der Waals surface area contributed by atoms with E-state index in [1.165, 1.54) is 0 Å². The second kappa shape index (κ2) is 6.15. The van der Waals surface area contributed by atoms with E-state index < -0.39 is 0 Å². The highest BCUT2D eigenvalue weighted by Gasteiger charge is 2.14. The lowest BCUT2D eigenvalue weighted by atomic mass is 10.0. The van der Waals surface area contributed by atoms with E-state index >= 15 is 0 Å². The molecule has 0 saturated heterocycles. The molecule has 0 radical (unpaired) electrons. The molecular formula is C14H18N6. The summed E-state index contributed by atoms with van der Waals surface area (Å²) in [5, 5.41) is 20.9. The summed E-state index contributed by atoms with van der Waals surface area (Å²) in [6.45, 7) is 4.56. The van der Waals surface area contributed by atoms with Gasteiger partial charge in [-0.3, -0.25) is 0 Å². The van der Waals surface area contributed by atoms with E-state index in [0.29, 0.717) is 17.9 Å². The van der Waals surface area contributed by atoms with Crippen LogP contribution < -0.4 is 5.32 Å². The van der Waals surface area contributed by atoms with Gasteiger partial charge in [0.15, 0.2) is 5.82 Å². The summed E-state index contributed by atoms with van der Waals surface area (Å²) in [5.74, 6) is 1.41. The molecule has 0 atom stereocenters. The van der Waals surface area contributed by atoms with Crippen LogP contribution in [0.4, 0.5) is 5.82 Å². The van der Waals surface area contributed by atoms with Gasteiger partial charge in [0.2, 0.25) is 0 Å². The molecule has 2 rings (SSSR count). The Morgan fingerprint density at radius 2 is 2.10 bits per heavy atom. The Hall–Kier alpha value is -2.42. The molecule has 0 aliphatic heterocycles. The molecule has 0 amide bonds. The Kier molecular flexibility index (Phi) is 4.31. The first-order valence-corrected chi connectivity index (χ1v) is 6.69. The number of hydrogen-bond donors (Lipinski definition) is 1. The van der Waals surface area contributed by atoms with Crippen LogP contribution in [0.5, 0.6) is 0 Å². The number of imidazole rings is 1. The number of aromatic nitrogens is 4. The zero-order valence-electron chi connectivity index (χ0n) is 12.0. The van der Waals surface area contributed by atoms with Crippen molar-refractivity contribution in [2.45, 2.75) is 33.2 Å². The van der Waals surface area contributed by atoms with E-state index in [1.54, 1.807) is 6.20 Å². The second-order valence-electron chi connectivity index (χ2n) is 4.48. The van der Waals surface area contributed by atoms with Crippen LogP contribution in [-0.4, -0.2) is 19.7 Å². The topological polar surface area (TPSA) is 79.4 Å². The van der Waals surface area contributed by atoms with Gasteiger partial charge in [-0.25, -0.2) is 4.98 Å². The lowest BCUT2D eigenvalue weighted by Crippen LogP contribution is -2.12. The highest BCUT2D eigenvalue weighted by atomic mass is 15.2. The zero-order valence-corrected chi connectivity index (χ0v) is 12.0. The number of nitriles is 1. The minimum atomic E-state index is 0.515. The summed E-state index contributed by atoms with van der Waals surface area (Å²) in [7, 11) is 1.93. The van der Waals surface area contributed by atoms with E-state index in [0.717, 1.165) is 29.9 Å². The summed E-state index contributed by atoms with van der Waals surface area (Å²) in [6, 6.07) is 2.24. The summed E-state index contributed by atoms with van der Waals surface area (Å²) in [6.07, 6.45) is 5.18. The molecule has 0 aliphatic carbocycles. The molecule has 2 aromatic rings. The Morgan fingerprint density at radius 3 is 2.65 bits per heavy atom. The molecule has 2 heterocycles. The van der Waals surface area contributed by atoms with E-state index in [-0.39, 0.29) is 0 Å². The first-order chi connectivity index (χ1) is 9.71. The van der Waals surface area contributed by atoms with Crippen molar-refractivity contribution < 1.29 is 0 Å². The predicted molar refractivity (Wildman–Crippen MR) is 76.0 cm³/mol. The largest absolute Gasteiger partial charge is 0.360 e. The molecule has 0 unspecified atom stereocenters. The quantitative estimate of drug-likeness (QED) is 0.896. The molecule has 6 nitrogen and oxygen atoms in total. The second-order valence-corrected chi connectivity index (χ2v) is 4.48. The van der Waals surface area contributed by atoms with Gasteiger partial charge in [0.25, 0.3) is 0 Å². The maximum atomic E-state index is 9.38. The Morgan fingerprint density at radius 1 is 1.30 bits per heavy atom. The maximum absolute atomic E-state index is 9.38. The lowest BCUT2D eigenvalue weighted by Gasteiger charge is -2.11. The van der Waals surface area contributed by atoms with Crippen molar-refractivity contribution in [2.75, 3.05) is 5.32 Å². The maximum Gasteiger partial charge on any atom is 0.167 e. The van der Waals surface area contributed by atoms with Crippen molar-refractivity contribution in [3.63, 3.8) is 0 Å². The highest BCUT2D eigenvalue weighted by molar-refractivity contribution is 5.56. The SMILES string of the molecule is CCc1nnc(NCc2nccn2C)c(C#N)c1CC. The fourth-order valence-electron chi connectivity index (χ4n) is 2.15. The van der Waals surface area contributed by atoms with Gasteiger partial charge in [-0.15, -0.1) is 5.10 Å². The van der Waals surface area contributed by atoms with Crippen molar-refractivity contribution in [2.24, 2.45) is 7.05 Å². The number of nitrogens with zero attached hydrogens (tertiary/aromatic N) is 5. The zero-order chi connectivity index (χ0) is 14.5. The van der Waals surface area contributed by atoms with Crippen LogP contribution in [0.15, 0.2) is 12.4 Å². The predicted octanol–water partition coefficient (Wildman–Crippen LogP) is 1.82. The summed E-state index contributed by atoms with van der Waals surface area (Å²) in [4.78, 5) is 4.23. The molecule has 0 aromatic carbocycles. The molecule has 0 saturated carbocycles. The fourth-order valence-corrected chi connectivity index (χ4v) is 2.15. The molecule has 6 heteroatoms. The molecule has 0 spiro atoms. The van der Waals surface area contributed by atoms with Crippen LogP contribution in [0.3, 0.4) is 0 Å². The first-order valence-electron chi connectivity index (χ1n) is 6.69. The van der Waals surface area contributed by atoms with Crippen LogP contribution in [0, 0.1) is 11.3 Å². The highest BCUT2D eigenvalue weighted by Crippen LogP contribution is 2.20. The van der Waals surface area contributed by atoms with Gasteiger partial charge in [-0.05, 0) is 18.4 Å². The minimum absolute atomic E-state index is 0.515. The van der Waals surface area contributed by atoms with Crippen LogP contribution in [0.25, 0.3) is 0 Å². The van der Waals surface area contributed by atoms with Gasteiger partial charge in [-0.1, -0.05) is 13.8 Å². The molecule has 2 aromatic heterocycles. The number of rotatable bonds is 5. The van der Waals surface area contributed by atoms with Crippen molar-refractivity contribution in [3.8, 4) is 6.07 Å². The molecular weight excluding hydrogens is 252 g/mol. The van der Waals surface area contributed by atoms with Crippen LogP contribution in [0.2, 0.25) is 0 Å². The van der Waals surface area contributed by atoms with Gasteiger partial charge in [0.1, 0.15) is 17.5 Å². The molecule has 0 aliphatic rings. The number of anilines is 1. The molecule has 20 heavy (non-hydrogen) atoms.